The van der Waals surface area contributed by atoms with Gasteiger partial charge in [0.1, 0.15) is 11.4 Å². The van der Waals surface area contributed by atoms with Crippen LogP contribution in [-0.2, 0) is 4.79 Å². The van der Waals surface area contributed by atoms with E-state index in [1.807, 2.05) is 31.2 Å². The first-order chi connectivity index (χ1) is 10.5. The number of nitrogens with zero attached hydrogens (tertiary/aromatic N) is 1. The van der Waals surface area contributed by atoms with E-state index in [9.17, 15) is 9.90 Å². The van der Waals surface area contributed by atoms with Gasteiger partial charge in [-0.25, -0.2) is 0 Å². The van der Waals surface area contributed by atoms with Crippen LogP contribution in [0.2, 0.25) is 0 Å². The van der Waals surface area contributed by atoms with Crippen molar-refractivity contribution in [2.45, 2.75) is 44.8 Å². The van der Waals surface area contributed by atoms with Gasteiger partial charge in [-0.2, -0.15) is 0 Å². The largest absolute Gasteiger partial charge is 0.495 e. The Hall–Kier alpha value is -1.75. The van der Waals surface area contributed by atoms with Gasteiger partial charge in [-0.1, -0.05) is 25.5 Å². The Balaban J connectivity index is 1.97. The summed E-state index contributed by atoms with van der Waals surface area (Å²) in [5, 5.41) is 13.1. The summed E-state index contributed by atoms with van der Waals surface area (Å²) in [5.41, 5.74) is -0.242. The number of anilines is 1. The molecule has 1 saturated heterocycles. The summed E-state index contributed by atoms with van der Waals surface area (Å²) < 4.78 is 5.39. The lowest BCUT2D eigenvalue weighted by atomic mass is 9.99. The number of benzene rings is 1. The third-order valence-electron chi connectivity index (χ3n) is 4.18. The highest BCUT2D eigenvalue weighted by molar-refractivity contribution is 5.84. The Morgan fingerprint density at radius 1 is 1.50 bits per heavy atom. The number of amides is 1. The van der Waals surface area contributed by atoms with Gasteiger partial charge in [-0.05, 0) is 31.9 Å². The molecule has 1 fully saturated rings. The second-order valence-corrected chi connectivity index (χ2v) is 6.10. The van der Waals surface area contributed by atoms with Crippen LogP contribution in [0, 0.1) is 0 Å². The SMILES string of the molecule is CCCC(C)(O)C(=O)NC1CCN(c2ccccc2OC)C1. The van der Waals surface area contributed by atoms with Gasteiger partial charge in [0.15, 0.2) is 0 Å². The van der Waals surface area contributed by atoms with E-state index in [1.54, 1.807) is 14.0 Å². The van der Waals surface area contributed by atoms with Crippen LogP contribution in [0.15, 0.2) is 24.3 Å². The van der Waals surface area contributed by atoms with Crippen molar-refractivity contribution in [1.82, 2.24) is 5.32 Å². The number of nitrogens with one attached hydrogen (secondary N) is 1. The van der Waals surface area contributed by atoms with E-state index >= 15 is 0 Å². The van der Waals surface area contributed by atoms with Crippen LogP contribution in [0.4, 0.5) is 5.69 Å². The second kappa shape index (κ2) is 7.01. The number of para-hydroxylation sites is 2. The van der Waals surface area contributed by atoms with Gasteiger partial charge >= 0.3 is 0 Å². The lowest BCUT2D eigenvalue weighted by molar-refractivity contribution is -0.139. The first-order valence-electron chi connectivity index (χ1n) is 7.89. The summed E-state index contributed by atoms with van der Waals surface area (Å²) in [6, 6.07) is 7.94. The van der Waals surface area contributed by atoms with Crippen molar-refractivity contribution in [3.63, 3.8) is 0 Å². The Bertz CT molecular complexity index is 516. The highest BCUT2D eigenvalue weighted by Gasteiger charge is 2.33. The molecule has 1 heterocycles. The molecule has 2 unspecified atom stereocenters. The van der Waals surface area contributed by atoms with Crippen molar-refractivity contribution in [3.05, 3.63) is 24.3 Å². The Kier molecular flexibility index (Phi) is 5.29. The van der Waals surface area contributed by atoms with Crippen LogP contribution in [0.1, 0.15) is 33.1 Å². The highest BCUT2D eigenvalue weighted by atomic mass is 16.5. The van der Waals surface area contributed by atoms with E-state index in [4.69, 9.17) is 4.74 Å². The van der Waals surface area contributed by atoms with E-state index in [1.165, 1.54) is 0 Å². The quantitative estimate of drug-likeness (QED) is 0.843. The minimum atomic E-state index is -1.29. The molecule has 1 aromatic carbocycles. The molecule has 5 heteroatoms. The Morgan fingerprint density at radius 3 is 2.91 bits per heavy atom. The maximum atomic E-state index is 12.2. The number of hydrogen-bond acceptors (Lipinski definition) is 4. The van der Waals surface area contributed by atoms with E-state index < -0.39 is 5.60 Å². The number of ether oxygens (including phenoxy) is 1. The van der Waals surface area contributed by atoms with Gasteiger partial charge < -0.3 is 20.1 Å². The third-order valence-corrected chi connectivity index (χ3v) is 4.18. The number of methoxy groups -OCH3 is 1. The molecule has 0 saturated carbocycles. The van der Waals surface area contributed by atoms with Gasteiger partial charge in [0.05, 0.1) is 12.8 Å². The molecule has 5 nitrogen and oxygen atoms in total. The first-order valence-corrected chi connectivity index (χ1v) is 7.89. The van der Waals surface area contributed by atoms with E-state index in [-0.39, 0.29) is 11.9 Å². The number of carbonyl (C=O) groups is 1. The zero-order valence-electron chi connectivity index (χ0n) is 13.6. The average molecular weight is 306 g/mol. The van der Waals surface area contributed by atoms with Crippen LogP contribution in [0.5, 0.6) is 5.75 Å². The number of aliphatic hydroxyl groups is 1. The van der Waals surface area contributed by atoms with E-state index in [2.05, 4.69) is 10.2 Å². The summed E-state index contributed by atoms with van der Waals surface area (Å²) in [6.45, 7) is 5.13. The van der Waals surface area contributed by atoms with Crippen molar-refractivity contribution in [2.75, 3.05) is 25.1 Å². The lowest BCUT2D eigenvalue weighted by Crippen LogP contribution is -2.49. The summed E-state index contributed by atoms with van der Waals surface area (Å²) in [4.78, 5) is 14.4. The van der Waals surface area contributed by atoms with Crippen molar-refractivity contribution in [1.29, 1.82) is 0 Å². The molecule has 0 aromatic heterocycles. The smallest absolute Gasteiger partial charge is 0.251 e. The van der Waals surface area contributed by atoms with Crippen molar-refractivity contribution < 1.29 is 14.6 Å². The zero-order chi connectivity index (χ0) is 16.2. The van der Waals surface area contributed by atoms with Crippen LogP contribution in [0.25, 0.3) is 0 Å². The molecule has 2 N–H and O–H groups in total. The number of carbonyl (C=O) groups excluding carboxylic acids is 1. The molecule has 2 atom stereocenters. The molecule has 1 aliphatic rings. The average Bonchev–Trinajstić information content (AvgIpc) is 2.95. The van der Waals surface area contributed by atoms with Crippen LogP contribution in [0.3, 0.4) is 0 Å². The Morgan fingerprint density at radius 2 is 2.23 bits per heavy atom. The first kappa shape index (κ1) is 16.6. The molecule has 22 heavy (non-hydrogen) atoms. The predicted molar refractivity (Wildman–Crippen MR) is 87.3 cm³/mol. The van der Waals surface area contributed by atoms with Gasteiger partial charge in [0.25, 0.3) is 5.91 Å². The van der Waals surface area contributed by atoms with Gasteiger partial charge in [0, 0.05) is 19.1 Å². The van der Waals surface area contributed by atoms with E-state index in [0.717, 1.165) is 37.4 Å². The lowest BCUT2D eigenvalue weighted by Gasteiger charge is -2.25. The predicted octanol–water partition coefficient (Wildman–Crippen LogP) is 1.94. The second-order valence-electron chi connectivity index (χ2n) is 6.10. The monoisotopic (exact) mass is 306 g/mol. The fraction of sp³-hybridized carbons (Fsp3) is 0.588. The standard InChI is InChI=1S/C17H26N2O3/c1-4-10-17(2,21)16(20)18-13-9-11-19(12-13)14-7-5-6-8-15(14)22-3/h5-8,13,21H,4,9-12H2,1-3H3,(H,18,20). The molecule has 0 aliphatic carbocycles. The summed E-state index contributed by atoms with van der Waals surface area (Å²) in [6.07, 6.45) is 2.12. The number of rotatable bonds is 6. The molecule has 1 aromatic rings. The maximum Gasteiger partial charge on any atom is 0.251 e. The fourth-order valence-electron chi connectivity index (χ4n) is 2.93. The van der Waals surface area contributed by atoms with Crippen molar-refractivity contribution >= 4 is 11.6 Å². The molecule has 0 bridgehead atoms. The van der Waals surface area contributed by atoms with Gasteiger partial charge in [-0.15, -0.1) is 0 Å². The Labute approximate surface area is 132 Å². The highest BCUT2D eigenvalue weighted by Crippen LogP contribution is 2.30. The fourth-order valence-corrected chi connectivity index (χ4v) is 2.93. The maximum absolute atomic E-state index is 12.2. The van der Waals surface area contributed by atoms with Crippen molar-refractivity contribution in [3.8, 4) is 5.75 Å². The summed E-state index contributed by atoms with van der Waals surface area (Å²) >= 11 is 0. The molecule has 1 aliphatic heterocycles. The minimum absolute atomic E-state index is 0.0562. The van der Waals surface area contributed by atoms with Crippen molar-refractivity contribution in [2.24, 2.45) is 0 Å². The summed E-state index contributed by atoms with van der Waals surface area (Å²) in [7, 11) is 1.66. The topological polar surface area (TPSA) is 61.8 Å². The van der Waals surface area contributed by atoms with Gasteiger partial charge in [-0.3, -0.25) is 4.79 Å². The minimum Gasteiger partial charge on any atom is -0.495 e. The van der Waals surface area contributed by atoms with Gasteiger partial charge in [0.2, 0.25) is 0 Å². The number of hydrogen-bond donors (Lipinski definition) is 2. The molecular weight excluding hydrogens is 280 g/mol. The van der Waals surface area contributed by atoms with Crippen LogP contribution >= 0.6 is 0 Å². The van der Waals surface area contributed by atoms with Crippen LogP contribution in [-0.4, -0.2) is 42.9 Å². The molecule has 0 spiro atoms. The molecular formula is C17H26N2O3. The normalized spacial score (nSPS) is 20.5. The molecule has 2 rings (SSSR count). The van der Waals surface area contributed by atoms with Crippen LogP contribution < -0.4 is 15.0 Å². The molecule has 0 radical (unpaired) electrons. The summed E-state index contributed by atoms with van der Waals surface area (Å²) in [5.74, 6) is 0.564. The van der Waals surface area contributed by atoms with E-state index in [0.29, 0.717) is 6.42 Å². The molecule has 122 valence electrons. The zero-order valence-corrected chi connectivity index (χ0v) is 13.6. The molecule has 1 amide bonds. The third kappa shape index (κ3) is 3.71.